The van der Waals surface area contributed by atoms with Gasteiger partial charge in [0.05, 0.1) is 6.54 Å². The lowest BCUT2D eigenvalue weighted by Crippen LogP contribution is -2.45. The number of amides is 2. The summed E-state index contributed by atoms with van der Waals surface area (Å²) in [6.07, 6.45) is 0.227. The highest BCUT2D eigenvalue weighted by atomic mass is 19.1. The smallest absolute Gasteiger partial charge is 0.338 e. The van der Waals surface area contributed by atoms with Gasteiger partial charge in [-0.1, -0.05) is 11.8 Å². The van der Waals surface area contributed by atoms with Crippen LogP contribution in [0.4, 0.5) is 9.18 Å². The van der Waals surface area contributed by atoms with Gasteiger partial charge in [0.25, 0.3) is 0 Å². The maximum atomic E-state index is 14.1. The number of hydrogen-bond acceptors (Lipinski definition) is 5. The highest BCUT2D eigenvalue weighted by molar-refractivity contribution is 5.70. The Hall–Kier alpha value is -2.34. The molecule has 0 atom stereocenters. The van der Waals surface area contributed by atoms with Crippen LogP contribution in [0.15, 0.2) is 18.2 Å². The van der Waals surface area contributed by atoms with Crippen LogP contribution >= 0.6 is 0 Å². The van der Waals surface area contributed by atoms with Gasteiger partial charge in [0.2, 0.25) is 0 Å². The Kier molecular flexibility index (Phi) is 7.66. The van der Waals surface area contributed by atoms with E-state index in [1.54, 1.807) is 12.1 Å². The number of halogens is 1. The van der Waals surface area contributed by atoms with Gasteiger partial charge in [0, 0.05) is 44.7 Å². The van der Waals surface area contributed by atoms with E-state index in [0.29, 0.717) is 17.2 Å². The molecule has 26 heavy (non-hydrogen) atoms. The fourth-order valence-electron chi connectivity index (χ4n) is 2.49. The van der Waals surface area contributed by atoms with Crippen molar-refractivity contribution in [2.75, 3.05) is 52.9 Å². The summed E-state index contributed by atoms with van der Waals surface area (Å²) in [6.45, 7) is 5.27. The summed E-state index contributed by atoms with van der Waals surface area (Å²) in [4.78, 5) is 15.2. The van der Waals surface area contributed by atoms with Crippen LogP contribution in [-0.4, -0.2) is 79.0 Å². The summed E-state index contributed by atoms with van der Waals surface area (Å²) >= 11 is 0. The zero-order valence-corrected chi connectivity index (χ0v) is 14.9. The lowest BCUT2D eigenvalue weighted by atomic mass is 10.2. The molecule has 0 spiro atoms. The number of nitrogens with two attached hydrogens (primary N) is 1. The predicted octanol–water partition coefficient (Wildman–Crippen LogP) is 0.963. The number of piperazine rings is 1. The van der Waals surface area contributed by atoms with Crippen molar-refractivity contribution in [2.45, 2.75) is 6.42 Å². The second kappa shape index (κ2) is 9.97. The molecule has 0 aromatic heterocycles. The van der Waals surface area contributed by atoms with E-state index in [1.807, 2.05) is 0 Å². The van der Waals surface area contributed by atoms with E-state index in [-0.39, 0.29) is 18.7 Å². The van der Waals surface area contributed by atoms with Crippen molar-refractivity contribution >= 4 is 6.03 Å². The molecule has 1 heterocycles. The lowest BCUT2D eigenvalue weighted by molar-refractivity contribution is -0.0372. The Balaban J connectivity index is 1.77. The summed E-state index contributed by atoms with van der Waals surface area (Å²) in [7, 11) is 2.10. The number of carbonyl (C=O) groups excluding carboxylic acids is 1. The van der Waals surface area contributed by atoms with E-state index in [9.17, 15) is 9.18 Å². The third kappa shape index (κ3) is 6.52. The number of likely N-dealkylation sites (N-methyl/N-ethyl adjacent to an activating group) is 1. The summed E-state index contributed by atoms with van der Waals surface area (Å²) in [5.41, 5.74) is 5.38. The molecule has 7 nitrogen and oxygen atoms in total. The SMILES string of the molecule is CN1CCN(CCOc2ccc(C#CCCN(O)C(N)=O)cc2F)CC1. The van der Waals surface area contributed by atoms with Crippen LogP contribution in [0, 0.1) is 17.7 Å². The zero-order chi connectivity index (χ0) is 18.9. The molecule has 2 amide bonds. The van der Waals surface area contributed by atoms with Crippen LogP contribution < -0.4 is 10.5 Å². The molecule has 0 unspecified atom stereocenters. The van der Waals surface area contributed by atoms with Crippen molar-refractivity contribution < 1.29 is 19.1 Å². The number of urea groups is 1. The second-order valence-electron chi connectivity index (χ2n) is 6.15. The molecule has 0 aliphatic carbocycles. The highest BCUT2D eigenvalue weighted by Crippen LogP contribution is 2.18. The maximum Gasteiger partial charge on any atom is 0.338 e. The monoisotopic (exact) mass is 364 g/mol. The predicted molar refractivity (Wildman–Crippen MR) is 95.4 cm³/mol. The summed E-state index contributed by atoms with van der Waals surface area (Å²) in [6, 6.07) is 3.61. The van der Waals surface area contributed by atoms with Crippen molar-refractivity contribution in [2.24, 2.45) is 5.73 Å². The number of nitrogens with zero attached hydrogens (tertiary/aromatic N) is 3. The van der Waals surface area contributed by atoms with E-state index in [2.05, 4.69) is 28.7 Å². The topological polar surface area (TPSA) is 82.3 Å². The molecule has 8 heteroatoms. The van der Waals surface area contributed by atoms with E-state index >= 15 is 0 Å². The molecule has 1 aliphatic rings. The molecule has 1 fully saturated rings. The summed E-state index contributed by atoms with van der Waals surface area (Å²) in [5, 5.41) is 9.48. The van der Waals surface area contributed by atoms with E-state index in [1.165, 1.54) is 6.07 Å². The molecule has 1 aliphatic heterocycles. The summed E-state index contributed by atoms with van der Waals surface area (Å²) in [5.74, 6) is 5.26. The first kappa shape index (κ1) is 20.0. The molecule has 3 N–H and O–H groups in total. The van der Waals surface area contributed by atoms with Gasteiger partial charge in [-0.15, -0.1) is 0 Å². The third-order valence-corrected chi connectivity index (χ3v) is 4.13. The Labute approximate surface area is 153 Å². The fourth-order valence-corrected chi connectivity index (χ4v) is 2.49. The molecule has 2 rings (SSSR count). The zero-order valence-electron chi connectivity index (χ0n) is 14.9. The van der Waals surface area contributed by atoms with Crippen molar-refractivity contribution in [3.05, 3.63) is 29.6 Å². The van der Waals surface area contributed by atoms with Crippen molar-refractivity contribution in [1.29, 1.82) is 0 Å². The summed E-state index contributed by atoms with van der Waals surface area (Å²) < 4.78 is 19.6. The minimum Gasteiger partial charge on any atom is -0.489 e. The van der Waals surface area contributed by atoms with Crippen LogP contribution in [0.2, 0.25) is 0 Å². The Morgan fingerprint density at radius 3 is 2.77 bits per heavy atom. The number of benzene rings is 1. The second-order valence-corrected chi connectivity index (χ2v) is 6.15. The number of carbonyl (C=O) groups is 1. The molecule has 0 bridgehead atoms. The van der Waals surface area contributed by atoms with E-state index in [4.69, 9.17) is 15.7 Å². The number of hydroxylamine groups is 2. The van der Waals surface area contributed by atoms with Gasteiger partial charge >= 0.3 is 6.03 Å². The Bertz CT molecular complexity index is 666. The van der Waals surface area contributed by atoms with Crippen LogP contribution in [0.25, 0.3) is 0 Å². The largest absolute Gasteiger partial charge is 0.489 e. The van der Waals surface area contributed by atoms with Gasteiger partial charge < -0.3 is 15.4 Å². The molecule has 1 aromatic rings. The van der Waals surface area contributed by atoms with Crippen LogP contribution in [0.3, 0.4) is 0 Å². The van der Waals surface area contributed by atoms with Gasteiger partial charge in [-0.2, -0.15) is 0 Å². The van der Waals surface area contributed by atoms with Crippen molar-refractivity contribution in [1.82, 2.24) is 14.9 Å². The van der Waals surface area contributed by atoms with E-state index in [0.717, 1.165) is 32.7 Å². The number of primary amides is 1. The highest BCUT2D eigenvalue weighted by Gasteiger charge is 2.13. The van der Waals surface area contributed by atoms with Crippen LogP contribution in [0.1, 0.15) is 12.0 Å². The number of hydrogen-bond donors (Lipinski definition) is 2. The van der Waals surface area contributed by atoms with Gasteiger partial charge in [-0.25, -0.2) is 14.2 Å². The molecular formula is C18H25FN4O3. The quantitative estimate of drug-likeness (QED) is 0.446. The molecular weight excluding hydrogens is 339 g/mol. The average Bonchev–Trinajstić information content (AvgIpc) is 2.61. The molecule has 1 aromatic carbocycles. The number of ether oxygens (including phenoxy) is 1. The first-order chi connectivity index (χ1) is 12.5. The fraction of sp³-hybridized carbons (Fsp3) is 0.500. The molecule has 142 valence electrons. The third-order valence-electron chi connectivity index (χ3n) is 4.13. The van der Waals surface area contributed by atoms with Crippen molar-refractivity contribution in [3.63, 3.8) is 0 Å². The minimum absolute atomic E-state index is 0.00169. The van der Waals surface area contributed by atoms with Crippen LogP contribution in [0.5, 0.6) is 5.75 Å². The standard InChI is InChI=1S/C18H25FN4O3/c1-21-8-10-22(11-9-21)12-13-26-17-6-5-15(14-16(17)19)4-2-3-7-23(25)18(20)24/h5-6,14,25H,3,7-13H2,1H3,(H2,20,24). The average molecular weight is 364 g/mol. The first-order valence-corrected chi connectivity index (χ1v) is 8.53. The van der Waals surface area contributed by atoms with Crippen LogP contribution in [-0.2, 0) is 0 Å². The first-order valence-electron chi connectivity index (χ1n) is 8.53. The normalized spacial score (nSPS) is 15.2. The Morgan fingerprint density at radius 2 is 2.12 bits per heavy atom. The van der Waals surface area contributed by atoms with E-state index < -0.39 is 11.8 Å². The van der Waals surface area contributed by atoms with Gasteiger partial charge in [-0.3, -0.25) is 10.1 Å². The molecule has 1 saturated heterocycles. The molecule has 0 saturated carbocycles. The maximum absolute atomic E-state index is 14.1. The van der Waals surface area contributed by atoms with Crippen molar-refractivity contribution in [3.8, 4) is 17.6 Å². The Morgan fingerprint density at radius 1 is 1.38 bits per heavy atom. The molecule has 0 radical (unpaired) electrons. The lowest BCUT2D eigenvalue weighted by Gasteiger charge is -2.32. The minimum atomic E-state index is -0.934. The van der Waals surface area contributed by atoms with Gasteiger partial charge in [0.1, 0.15) is 6.61 Å². The van der Waals surface area contributed by atoms with Gasteiger partial charge in [-0.05, 0) is 25.2 Å². The number of rotatable bonds is 6. The van der Waals surface area contributed by atoms with Gasteiger partial charge in [0.15, 0.2) is 11.6 Å².